The molecule has 0 spiro atoms. The number of benzene rings is 2. The molecular weight excluding hydrogens is 473 g/mol. The van der Waals surface area contributed by atoms with E-state index < -0.39 is 0 Å². The van der Waals surface area contributed by atoms with E-state index in [1.807, 2.05) is 12.1 Å². The van der Waals surface area contributed by atoms with Gasteiger partial charge in [-0.25, -0.2) is 0 Å². The average Bonchev–Trinajstić information content (AvgIpc) is 3.40. The van der Waals surface area contributed by atoms with Crippen molar-refractivity contribution in [2.75, 3.05) is 0 Å². The van der Waals surface area contributed by atoms with Crippen LogP contribution in [0.1, 0.15) is 47.2 Å². The van der Waals surface area contributed by atoms with Gasteiger partial charge in [0.1, 0.15) is 24.3 Å². The lowest BCUT2D eigenvalue weighted by molar-refractivity contribution is 1.42. The molecule has 0 aliphatic carbocycles. The zero-order chi connectivity index (χ0) is 22.8. The van der Waals surface area contributed by atoms with Gasteiger partial charge in [0, 0.05) is 19.6 Å². The number of nitriles is 4. The molecule has 2 heterocycles. The molecule has 2 aromatic carbocycles. The van der Waals surface area contributed by atoms with Crippen LogP contribution in [0.4, 0.5) is 0 Å². The maximum atomic E-state index is 9.36. The predicted molar refractivity (Wildman–Crippen MR) is 134 cm³/mol. The first-order valence-electron chi connectivity index (χ1n) is 9.25. The second-order valence-corrected chi connectivity index (χ2v) is 11.7. The van der Waals surface area contributed by atoms with Crippen molar-refractivity contribution in [3.63, 3.8) is 0 Å². The molecule has 8 heteroatoms. The number of allylic oxidation sites excluding steroid dienone is 2. The first-order valence-corrected chi connectivity index (χ1v) is 12.5. The summed E-state index contributed by atoms with van der Waals surface area (Å²) in [5.41, 5.74) is 3.42. The van der Waals surface area contributed by atoms with Gasteiger partial charge in [-0.15, -0.1) is 0 Å². The Labute approximate surface area is 203 Å². The largest absolute Gasteiger partial charge is 0.192 e. The van der Waals surface area contributed by atoms with Crippen molar-refractivity contribution in [3.05, 3.63) is 88.1 Å². The first kappa shape index (κ1) is 22.2. The standard InChI is InChI=1S/C24H12N4S4/c1-13-21(15-3-5-17(9-25)19(7-15)11-27)31-23(29-13)24-30-14(2)22(32-24)16-4-6-18(10-26)20(8-16)12-28/h3-8H,1-2H3/b24-23+. The fourth-order valence-corrected chi connectivity index (χ4v) is 8.73. The highest BCUT2D eigenvalue weighted by Crippen LogP contribution is 2.63. The van der Waals surface area contributed by atoms with Crippen molar-refractivity contribution in [3.8, 4) is 24.3 Å². The molecule has 0 N–H and O–H groups in total. The summed E-state index contributed by atoms with van der Waals surface area (Å²) in [5, 5.41) is 37.1. The molecule has 32 heavy (non-hydrogen) atoms. The second-order valence-electron chi connectivity index (χ2n) is 6.72. The Kier molecular flexibility index (Phi) is 6.43. The summed E-state index contributed by atoms with van der Waals surface area (Å²) >= 11 is 6.79. The Morgan fingerprint density at radius 1 is 0.531 bits per heavy atom. The van der Waals surface area contributed by atoms with Crippen LogP contribution in [0.2, 0.25) is 0 Å². The van der Waals surface area contributed by atoms with Crippen LogP contribution in [-0.4, -0.2) is 0 Å². The molecule has 4 nitrogen and oxygen atoms in total. The van der Waals surface area contributed by atoms with E-state index in [0.29, 0.717) is 22.3 Å². The molecule has 2 aliphatic rings. The molecule has 0 unspecified atom stereocenters. The number of rotatable bonds is 2. The molecule has 2 aliphatic heterocycles. The molecule has 152 valence electrons. The predicted octanol–water partition coefficient (Wildman–Crippen LogP) is 7.34. The third-order valence-corrected chi connectivity index (χ3v) is 10.6. The maximum Gasteiger partial charge on any atom is 0.101 e. The third-order valence-electron chi connectivity index (χ3n) is 4.73. The molecule has 0 atom stereocenters. The summed E-state index contributed by atoms with van der Waals surface area (Å²) < 4.78 is 2.36. The topological polar surface area (TPSA) is 95.2 Å². The molecule has 0 amide bonds. The van der Waals surface area contributed by atoms with E-state index in [0.717, 1.165) is 30.7 Å². The van der Waals surface area contributed by atoms with E-state index in [2.05, 4.69) is 38.1 Å². The van der Waals surface area contributed by atoms with Gasteiger partial charge in [-0.3, -0.25) is 0 Å². The van der Waals surface area contributed by atoms with Crippen molar-refractivity contribution >= 4 is 56.9 Å². The van der Waals surface area contributed by atoms with Crippen LogP contribution in [0.25, 0.3) is 9.81 Å². The Balaban J connectivity index is 1.61. The van der Waals surface area contributed by atoms with Crippen LogP contribution < -0.4 is 0 Å². The summed E-state index contributed by atoms with van der Waals surface area (Å²) in [6, 6.07) is 19.1. The van der Waals surface area contributed by atoms with Crippen LogP contribution >= 0.6 is 47.0 Å². The monoisotopic (exact) mass is 484 g/mol. The van der Waals surface area contributed by atoms with Crippen molar-refractivity contribution < 1.29 is 0 Å². The lowest BCUT2D eigenvalue weighted by Gasteiger charge is -2.06. The summed E-state index contributed by atoms with van der Waals surface area (Å²) in [5.74, 6) is 0. The summed E-state index contributed by atoms with van der Waals surface area (Å²) in [7, 11) is 0. The molecule has 0 aromatic heterocycles. The molecule has 0 saturated heterocycles. The fraction of sp³-hybridized carbons (Fsp3) is 0.0833. The molecule has 0 saturated carbocycles. The van der Waals surface area contributed by atoms with E-state index >= 15 is 0 Å². The number of nitrogens with zero attached hydrogens (tertiary/aromatic N) is 4. The zero-order valence-electron chi connectivity index (χ0n) is 16.9. The van der Waals surface area contributed by atoms with E-state index in [9.17, 15) is 21.0 Å². The SMILES string of the molecule is CC1=C(c2ccc(C#N)c(C#N)c2)S/C(=C2\SC(C)=C(c3ccc(C#N)c(C#N)c3)S2)S1. The van der Waals surface area contributed by atoms with Gasteiger partial charge in [0.05, 0.1) is 30.7 Å². The summed E-state index contributed by atoms with van der Waals surface area (Å²) in [4.78, 5) is 4.50. The highest BCUT2D eigenvalue weighted by Gasteiger charge is 2.28. The smallest absolute Gasteiger partial charge is 0.101 e. The average molecular weight is 485 g/mol. The third kappa shape index (κ3) is 4.07. The minimum atomic E-state index is 0.384. The second kappa shape index (κ2) is 9.25. The quantitative estimate of drug-likeness (QED) is 0.437. The van der Waals surface area contributed by atoms with Gasteiger partial charge in [0.25, 0.3) is 0 Å². The number of thioether (sulfide) groups is 4. The summed E-state index contributed by atoms with van der Waals surface area (Å²) in [6.07, 6.45) is 0. The van der Waals surface area contributed by atoms with Gasteiger partial charge < -0.3 is 0 Å². The minimum Gasteiger partial charge on any atom is -0.192 e. The van der Waals surface area contributed by atoms with E-state index in [1.54, 1.807) is 71.3 Å². The number of hydrogen-bond acceptors (Lipinski definition) is 8. The van der Waals surface area contributed by atoms with Gasteiger partial charge in [0.15, 0.2) is 0 Å². The summed E-state index contributed by atoms with van der Waals surface area (Å²) in [6.45, 7) is 4.13. The normalized spacial score (nSPS) is 17.7. The van der Waals surface area contributed by atoms with E-state index in [-0.39, 0.29) is 0 Å². The van der Waals surface area contributed by atoms with Crippen molar-refractivity contribution in [2.45, 2.75) is 13.8 Å². The zero-order valence-corrected chi connectivity index (χ0v) is 20.2. The van der Waals surface area contributed by atoms with Crippen molar-refractivity contribution in [2.24, 2.45) is 0 Å². The van der Waals surface area contributed by atoms with Gasteiger partial charge in [-0.2, -0.15) is 21.0 Å². The Bertz CT molecular complexity index is 1330. The Hall–Kier alpha value is -2.98. The molecule has 0 bridgehead atoms. The fourth-order valence-electron chi connectivity index (χ4n) is 3.18. The van der Waals surface area contributed by atoms with Crippen LogP contribution in [0, 0.1) is 45.3 Å². The molecular formula is C24H12N4S4. The first-order chi connectivity index (χ1) is 15.5. The van der Waals surface area contributed by atoms with Gasteiger partial charge in [-0.1, -0.05) is 59.2 Å². The molecule has 0 fully saturated rings. The number of hydrogen-bond donors (Lipinski definition) is 0. The Morgan fingerprint density at radius 2 is 0.906 bits per heavy atom. The van der Waals surface area contributed by atoms with Crippen molar-refractivity contribution in [1.29, 1.82) is 21.0 Å². The highest BCUT2D eigenvalue weighted by atomic mass is 32.2. The molecule has 2 aromatic rings. The van der Waals surface area contributed by atoms with Crippen LogP contribution in [0.5, 0.6) is 0 Å². The maximum absolute atomic E-state index is 9.36. The lowest BCUT2D eigenvalue weighted by Crippen LogP contribution is -1.87. The van der Waals surface area contributed by atoms with Crippen LogP contribution in [-0.2, 0) is 0 Å². The minimum absolute atomic E-state index is 0.384. The molecule has 0 radical (unpaired) electrons. The van der Waals surface area contributed by atoms with Gasteiger partial charge in [0.2, 0.25) is 0 Å². The van der Waals surface area contributed by atoms with Gasteiger partial charge >= 0.3 is 0 Å². The lowest BCUT2D eigenvalue weighted by atomic mass is 10.1. The van der Waals surface area contributed by atoms with E-state index in [1.165, 1.54) is 8.47 Å². The van der Waals surface area contributed by atoms with Crippen molar-refractivity contribution in [1.82, 2.24) is 0 Å². The van der Waals surface area contributed by atoms with Gasteiger partial charge in [-0.05, 0) is 49.2 Å². The Morgan fingerprint density at radius 3 is 1.25 bits per heavy atom. The van der Waals surface area contributed by atoms with E-state index in [4.69, 9.17) is 0 Å². The van der Waals surface area contributed by atoms with Crippen LogP contribution in [0.15, 0.2) is 54.7 Å². The van der Waals surface area contributed by atoms with Crippen LogP contribution in [0.3, 0.4) is 0 Å². The molecule has 4 rings (SSSR count). The highest BCUT2D eigenvalue weighted by molar-refractivity contribution is 8.37.